The van der Waals surface area contributed by atoms with Crippen LogP contribution in [0.3, 0.4) is 0 Å². The van der Waals surface area contributed by atoms with Crippen molar-refractivity contribution in [3.63, 3.8) is 0 Å². The van der Waals surface area contributed by atoms with Crippen LogP contribution in [0.25, 0.3) is 0 Å². The Bertz CT molecular complexity index is 730. The molecule has 1 aromatic carbocycles. The number of oxazole rings is 1. The molecular weight excluding hydrogens is 302 g/mol. The lowest BCUT2D eigenvalue weighted by Crippen LogP contribution is -2.47. The van der Waals surface area contributed by atoms with Gasteiger partial charge in [0.2, 0.25) is 11.8 Å². The Morgan fingerprint density at radius 2 is 2.12 bits per heavy atom. The third kappa shape index (κ3) is 3.61. The average Bonchev–Trinajstić information content (AvgIpc) is 2.95. The number of carbonyl (C=O) groups excluding carboxylic acids is 1. The number of carbonyl (C=O) groups is 1. The number of nitrogens with one attached hydrogen (secondary N) is 1. The van der Waals surface area contributed by atoms with E-state index in [1.807, 2.05) is 12.1 Å². The Balaban J connectivity index is 1.83. The first-order chi connectivity index (χ1) is 11.3. The maximum Gasteiger partial charge on any atom is 0.217 e. The molecule has 0 radical (unpaired) electrons. The normalized spacial score (nSPS) is 17.5. The summed E-state index contributed by atoms with van der Waals surface area (Å²) < 4.78 is 5.69. The van der Waals surface area contributed by atoms with Gasteiger partial charge in [0.1, 0.15) is 6.26 Å². The van der Waals surface area contributed by atoms with Crippen molar-refractivity contribution in [1.82, 2.24) is 10.3 Å². The van der Waals surface area contributed by atoms with E-state index in [2.05, 4.69) is 48.1 Å². The van der Waals surface area contributed by atoms with Crippen molar-refractivity contribution in [2.24, 2.45) is 0 Å². The quantitative estimate of drug-likeness (QED) is 0.941. The van der Waals surface area contributed by atoms with Gasteiger partial charge in [-0.25, -0.2) is 4.98 Å². The zero-order valence-corrected chi connectivity index (χ0v) is 14.8. The Morgan fingerprint density at radius 3 is 2.79 bits per heavy atom. The topological polar surface area (TPSA) is 58.4 Å². The summed E-state index contributed by atoms with van der Waals surface area (Å²) in [5.74, 6) is 0.712. The fourth-order valence-electron chi connectivity index (χ4n) is 3.11. The first-order valence-corrected chi connectivity index (χ1v) is 8.38. The summed E-state index contributed by atoms with van der Waals surface area (Å²) in [6.07, 6.45) is 2.60. The number of hydrogen-bond acceptors (Lipinski definition) is 4. The number of rotatable bonds is 3. The average molecular weight is 327 g/mol. The van der Waals surface area contributed by atoms with Gasteiger partial charge >= 0.3 is 0 Å². The standard InChI is InChI=1S/C19H25N3O2/c1-13(23)20-15-9-14-7-5-6-8-16(14)22(10-15)11-18-21-17(12-24-18)19(2,3)4/h5-8,12,15H,9-11H2,1-4H3,(H,20,23). The van der Waals surface area contributed by atoms with Gasteiger partial charge in [0.15, 0.2) is 0 Å². The van der Waals surface area contributed by atoms with Crippen molar-refractivity contribution in [2.45, 2.75) is 52.1 Å². The van der Waals surface area contributed by atoms with Crippen LogP contribution in [0.15, 0.2) is 34.9 Å². The van der Waals surface area contributed by atoms with Crippen LogP contribution < -0.4 is 10.2 Å². The Morgan fingerprint density at radius 1 is 1.38 bits per heavy atom. The highest BCUT2D eigenvalue weighted by Crippen LogP contribution is 2.29. The van der Waals surface area contributed by atoms with Gasteiger partial charge in [0.05, 0.1) is 18.3 Å². The van der Waals surface area contributed by atoms with E-state index < -0.39 is 0 Å². The second-order valence-corrected chi connectivity index (χ2v) is 7.49. The van der Waals surface area contributed by atoms with E-state index in [4.69, 9.17) is 4.42 Å². The fourth-order valence-corrected chi connectivity index (χ4v) is 3.11. The van der Waals surface area contributed by atoms with Gasteiger partial charge in [-0.1, -0.05) is 39.0 Å². The molecule has 128 valence electrons. The minimum atomic E-state index is -0.0275. The van der Waals surface area contributed by atoms with Crippen molar-refractivity contribution in [3.8, 4) is 0 Å². The highest BCUT2D eigenvalue weighted by molar-refractivity contribution is 5.73. The number of para-hydroxylation sites is 1. The van der Waals surface area contributed by atoms with E-state index >= 15 is 0 Å². The fraction of sp³-hybridized carbons (Fsp3) is 0.474. The molecule has 1 N–H and O–H groups in total. The number of fused-ring (bicyclic) bond motifs is 1. The molecular formula is C19H25N3O2. The third-order valence-corrected chi connectivity index (χ3v) is 4.29. The molecule has 3 rings (SSSR count). The van der Waals surface area contributed by atoms with E-state index in [9.17, 15) is 4.79 Å². The minimum Gasteiger partial charge on any atom is -0.447 e. The number of nitrogens with zero attached hydrogens (tertiary/aromatic N) is 2. The van der Waals surface area contributed by atoms with Crippen LogP contribution in [0.5, 0.6) is 0 Å². The summed E-state index contributed by atoms with van der Waals surface area (Å²) >= 11 is 0. The van der Waals surface area contributed by atoms with Gasteiger partial charge in [-0.05, 0) is 18.1 Å². The maximum absolute atomic E-state index is 11.4. The molecule has 0 spiro atoms. The SMILES string of the molecule is CC(=O)NC1Cc2ccccc2N(Cc2nc(C(C)(C)C)co2)C1. The van der Waals surface area contributed by atoms with Crippen molar-refractivity contribution in [3.05, 3.63) is 47.7 Å². The monoisotopic (exact) mass is 327 g/mol. The van der Waals surface area contributed by atoms with Crippen LogP contribution in [0.2, 0.25) is 0 Å². The lowest BCUT2D eigenvalue weighted by Gasteiger charge is -2.35. The van der Waals surface area contributed by atoms with Gasteiger partial charge in [0.25, 0.3) is 0 Å². The second-order valence-electron chi connectivity index (χ2n) is 7.49. The molecule has 0 saturated heterocycles. The molecule has 0 saturated carbocycles. The number of benzene rings is 1. The predicted octanol–water partition coefficient (Wildman–Crippen LogP) is 3.04. The summed E-state index contributed by atoms with van der Waals surface area (Å²) in [5, 5.41) is 3.04. The zero-order chi connectivity index (χ0) is 17.3. The number of hydrogen-bond donors (Lipinski definition) is 1. The Labute approximate surface area is 143 Å². The molecule has 1 unspecified atom stereocenters. The van der Waals surface area contributed by atoms with Crippen LogP contribution in [0, 0.1) is 0 Å². The van der Waals surface area contributed by atoms with Gasteiger partial charge in [-0.15, -0.1) is 0 Å². The van der Waals surface area contributed by atoms with Gasteiger partial charge < -0.3 is 14.6 Å². The Hall–Kier alpha value is -2.30. The third-order valence-electron chi connectivity index (χ3n) is 4.29. The molecule has 24 heavy (non-hydrogen) atoms. The molecule has 1 aromatic heterocycles. The van der Waals surface area contributed by atoms with Crippen LogP contribution in [-0.4, -0.2) is 23.5 Å². The van der Waals surface area contributed by atoms with Gasteiger partial charge in [-0.2, -0.15) is 0 Å². The maximum atomic E-state index is 11.4. The summed E-state index contributed by atoms with van der Waals surface area (Å²) in [6.45, 7) is 9.29. The highest BCUT2D eigenvalue weighted by Gasteiger charge is 2.26. The van der Waals surface area contributed by atoms with E-state index in [-0.39, 0.29) is 17.4 Å². The molecule has 1 atom stereocenters. The molecule has 0 aliphatic carbocycles. The van der Waals surface area contributed by atoms with Crippen LogP contribution in [0.1, 0.15) is 44.8 Å². The zero-order valence-electron chi connectivity index (χ0n) is 14.8. The molecule has 1 amide bonds. The summed E-state index contributed by atoms with van der Waals surface area (Å²) in [5.41, 5.74) is 3.36. The molecule has 5 nitrogen and oxygen atoms in total. The molecule has 5 heteroatoms. The van der Waals surface area contributed by atoms with Crippen molar-refractivity contribution >= 4 is 11.6 Å². The second kappa shape index (κ2) is 6.30. The number of amides is 1. The molecule has 1 aliphatic heterocycles. The van der Waals surface area contributed by atoms with Gasteiger partial charge in [-0.3, -0.25) is 4.79 Å². The Kier molecular flexibility index (Phi) is 4.35. The van der Waals surface area contributed by atoms with Crippen LogP contribution in [0.4, 0.5) is 5.69 Å². The summed E-state index contributed by atoms with van der Waals surface area (Å²) in [4.78, 5) is 18.3. The van der Waals surface area contributed by atoms with E-state index in [1.54, 1.807) is 13.2 Å². The summed E-state index contributed by atoms with van der Waals surface area (Å²) in [6, 6.07) is 8.42. The highest BCUT2D eigenvalue weighted by atomic mass is 16.3. The molecule has 1 aliphatic rings. The van der Waals surface area contributed by atoms with Crippen molar-refractivity contribution < 1.29 is 9.21 Å². The van der Waals surface area contributed by atoms with E-state index in [0.29, 0.717) is 12.4 Å². The molecule has 2 heterocycles. The van der Waals surface area contributed by atoms with E-state index in [0.717, 1.165) is 18.7 Å². The first-order valence-electron chi connectivity index (χ1n) is 8.38. The van der Waals surface area contributed by atoms with Crippen LogP contribution in [-0.2, 0) is 23.2 Å². The predicted molar refractivity (Wildman–Crippen MR) is 94.0 cm³/mol. The number of aromatic nitrogens is 1. The lowest BCUT2D eigenvalue weighted by atomic mass is 9.93. The molecule has 0 fully saturated rings. The minimum absolute atomic E-state index is 0.00507. The lowest BCUT2D eigenvalue weighted by molar-refractivity contribution is -0.119. The van der Waals surface area contributed by atoms with Crippen LogP contribution >= 0.6 is 0 Å². The first kappa shape index (κ1) is 16.6. The van der Waals surface area contributed by atoms with Gasteiger partial charge in [0, 0.05) is 24.6 Å². The van der Waals surface area contributed by atoms with E-state index in [1.165, 1.54) is 11.3 Å². The molecule has 2 aromatic rings. The summed E-state index contributed by atoms with van der Waals surface area (Å²) in [7, 11) is 0. The number of anilines is 1. The molecule has 0 bridgehead atoms. The van der Waals surface area contributed by atoms with Crippen molar-refractivity contribution in [1.29, 1.82) is 0 Å². The smallest absolute Gasteiger partial charge is 0.217 e. The largest absolute Gasteiger partial charge is 0.447 e. The van der Waals surface area contributed by atoms with Crippen molar-refractivity contribution in [2.75, 3.05) is 11.4 Å².